The minimum absolute atomic E-state index is 0.199. The zero-order chi connectivity index (χ0) is 11.3. The molecule has 1 aliphatic rings. The van der Waals surface area contributed by atoms with Crippen LogP contribution in [0.25, 0.3) is 0 Å². The van der Waals surface area contributed by atoms with Crippen molar-refractivity contribution in [1.29, 1.82) is 0 Å². The number of methoxy groups -OCH3 is 1. The monoisotopic (exact) mass is 215 g/mol. The van der Waals surface area contributed by atoms with E-state index in [1.807, 2.05) is 6.92 Å². The van der Waals surface area contributed by atoms with E-state index in [1.54, 1.807) is 0 Å². The van der Waals surface area contributed by atoms with Crippen molar-refractivity contribution >= 4 is 11.9 Å². The first-order chi connectivity index (χ1) is 7.17. The molecule has 5 nitrogen and oxygen atoms in total. The van der Waals surface area contributed by atoms with E-state index in [0.717, 1.165) is 6.42 Å². The Morgan fingerprint density at radius 1 is 1.47 bits per heavy atom. The molecule has 0 bridgehead atoms. The molecule has 15 heavy (non-hydrogen) atoms. The Morgan fingerprint density at radius 2 is 2.20 bits per heavy atom. The highest BCUT2D eigenvalue weighted by atomic mass is 16.5. The summed E-state index contributed by atoms with van der Waals surface area (Å²) in [6, 6.07) is -0.338. The van der Waals surface area contributed by atoms with Crippen molar-refractivity contribution in [3.8, 4) is 0 Å². The van der Waals surface area contributed by atoms with Gasteiger partial charge in [0.05, 0.1) is 7.11 Å². The van der Waals surface area contributed by atoms with E-state index >= 15 is 0 Å². The van der Waals surface area contributed by atoms with Crippen LogP contribution >= 0.6 is 0 Å². The number of carbonyl (C=O) groups excluding carboxylic acids is 2. The van der Waals surface area contributed by atoms with Crippen molar-refractivity contribution in [1.82, 2.24) is 5.32 Å². The third-order valence-corrected chi connectivity index (χ3v) is 2.33. The molecule has 1 N–H and O–H groups in total. The van der Waals surface area contributed by atoms with Crippen LogP contribution in [-0.2, 0) is 19.1 Å². The molecule has 1 aliphatic heterocycles. The van der Waals surface area contributed by atoms with Crippen LogP contribution in [0, 0.1) is 0 Å². The second-order valence-electron chi connectivity index (χ2n) is 3.58. The first-order valence-electron chi connectivity index (χ1n) is 5.18. The van der Waals surface area contributed by atoms with Crippen LogP contribution < -0.4 is 5.32 Å². The van der Waals surface area contributed by atoms with E-state index in [2.05, 4.69) is 10.1 Å². The Hall–Kier alpha value is -1.10. The molecule has 2 unspecified atom stereocenters. The van der Waals surface area contributed by atoms with Gasteiger partial charge in [0.15, 0.2) is 0 Å². The van der Waals surface area contributed by atoms with E-state index in [1.165, 1.54) is 7.11 Å². The molecule has 0 aromatic rings. The zero-order valence-corrected chi connectivity index (χ0v) is 9.12. The maximum absolute atomic E-state index is 11.2. The molecular formula is C10H17NO4. The van der Waals surface area contributed by atoms with Gasteiger partial charge >= 0.3 is 11.9 Å². The molecule has 2 atom stereocenters. The summed E-state index contributed by atoms with van der Waals surface area (Å²) in [6.07, 6.45) is 1.51. The maximum Gasteiger partial charge on any atom is 0.323 e. The molecule has 0 aromatic carbocycles. The Morgan fingerprint density at radius 3 is 2.80 bits per heavy atom. The SMILES string of the molecule is CCCC(=O)OC1CNC(C(=O)OC)C1. The van der Waals surface area contributed by atoms with Gasteiger partial charge in [0.1, 0.15) is 12.1 Å². The standard InChI is InChI=1S/C10H17NO4/c1-3-4-9(12)15-7-5-8(11-6-7)10(13)14-2/h7-8,11H,3-6H2,1-2H3. The molecule has 86 valence electrons. The second-order valence-corrected chi connectivity index (χ2v) is 3.58. The summed E-state index contributed by atoms with van der Waals surface area (Å²) in [4.78, 5) is 22.3. The largest absolute Gasteiger partial charge is 0.468 e. The average Bonchev–Trinajstić information content (AvgIpc) is 2.65. The van der Waals surface area contributed by atoms with E-state index in [4.69, 9.17) is 4.74 Å². The topological polar surface area (TPSA) is 64.6 Å². The van der Waals surface area contributed by atoms with Gasteiger partial charge in [0.2, 0.25) is 0 Å². The average molecular weight is 215 g/mol. The van der Waals surface area contributed by atoms with Crippen molar-refractivity contribution in [2.24, 2.45) is 0 Å². The van der Waals surface area contributed by atoms with Gasteiger partial charge in [-0.2, -0.15) is 0 Å². The fourth-order valence-electron chi connectivity index (χ4n) is 1.56. The van der Waals surface area contributed by atoms with Gasteiger partial charge in [0.25, 0.3) is 0 Å². The summed E-state index contributed by atoms with van der Waals surface area (Å²) in [5.41, 5.74) is 0. The Labute approximate surface area is 89.1 Å². The first-order valence-corrected chi connectivity index (χ1v) is 5.18. The lowest BCUT2D eigenvalue weighted by molar-refractivity contribution is -0.149. The Kier molecular flexibility index (Phi) is 4.55. The molecule has 5 heteroatoms. The molecule has 1 heterocycles. The lowest BCUT2D eigenvalue weighted by Crippen LogP contribution is -2.31. The fourth-order valence-corrected chi connectivity index (χ4v) is 1.56. The van der Waals surface area contributed by atoms with Crippen molar-refractivity contribution < 1.29 is 19.1 Å². The second kappa shape index (κ2) is 5.70. The molecule has 0 aliphatic carbocycles. The molecule has 1 rings (SSSR count). The number of hydrogen-bond donors (Lipinski definition) is 1. The summed E-state index contributed by atoms with van der Waals surface area (Å²) >= 11 is 0. The number of nitrogens with one attached hydrogen (secondary N) is 1. The van der Waals surface area contributed by atoms with Gasteiger partial charge < -0.3 is 14.8 Å². The van der Waals surface area contributed by atoms with E-state index in [0.29, 0.717) is 19.4 Å². The van der Waals surface area contributed by atoms with Crippen LogP contribution in [-0.4, -0.2) is 37.7 Å². The van der Waals surface area contributed by atoms with Gasteiger partial charge in [-0.15, -0.1) is 0 Å². The van der Waals surface area contributed by atoms with Crippen molar-refractivity contribution in [2.45, 2.75) is 38.3 Å². The van der Waals surface area contributed by atoms with Crippen LogP contribution in [0.1, 0.15) is 26.2 Å². The van der Waals surface area contributed by atoms with Gasteiger partial charge in [-0.3, -0.25) is 9.59 Å². The van der Waals surface area contributed by atoms with Gasteiger partial charge in [0, 0.05) is 19.4 Å². The molecule has 0 radical (unpaired) electrons. The van der Waals surface area contributed by atoms with E-state index in [-0.39, 0.29) is 24.1 Å². The third-order valence-electron chi connectivity index (χ3n) is 2.33. The molecule has 1 saturated heterocycles. The van der Waals surface area contributed by atoms with Crippen molar-refractivity contribution in [3.63, 3.8) is 0 Å². The minimum Gasteiger partial charge on any atom is -0.468 e. The summed E-state index contributed by atoms with van der Waals surface area (Å²) in [7, 11) is 1.35. The van der Waals surface area contributed by atoms with Crippen LogP contribution in [0.2, 0.25) is 0 Å². The van der Waals surface area contributed by atoms with Crippen LogP contribution in [0.4, 0.5) is 0 Å². The van der Waals surface area contributed by atoms with Crippen LogP contribution in [0.3, 0.4) is 0 Å². The highest BCUT2D eigenvalue weighted by Crippen LogP contribution is 2.12. The number of esters is 2. The predicted octanol–water partition coefficient (Wildman–Crippen LogP) is 0.233. The molecule has 0 aromatic heterocycles. The third kappa shape index (κ3) is 3.51. The number of ether oxygens (including phenoxy) is 2. The number of carbonyl (C=O) groups is 2. The summed E-state index contributed by atoms with van der Waals surface area (Å²) in [6.45, 7) is 2.45. The van der Waals surface area contributed by atoms with E-state index in [9.17, 15) is 9.59 Å². The molecule has 0 spiro atoms. The minimum atomic E-state index is -0.338. The molecule has 0 saturated carbocycles. The highest BCUT2D eigenvalue weighted by molar-refractivity contribution is 5.76. The van der Waals surface area contributed by atoms with Gasteiger partial charge in [-0.25, -0.2) is 0 Å². The summed E-state index contributed by atoms with van der Waals surface area (Å²) in [5.74, 6) is -0.501. The highest BCUT2D eigenvalue weighted by Gasteiger charge is 2.32. The van der Waals surface area contributed by atoms with Gasteiger partial charge in [-0.1, -0.05) is 6.92 Å². The van der Waals surface area contributed by atoms with Gasteiger partial charge in [-0.05, 0) is 6.42 Å². The van der Waals surface area contributed by atoms with Crippen molar-refractivity contribution in [3.05, 3.63) is 0 Å². The first kappa shape index (κ1) is 12.0. The predicted molar refractivity (Wildman–Crippen MR) is 53.2 cm³/mol. The summed E-state index contributed by atoms with van der Waals surface area (Å²) in [5, 5.41) is 2.95. The Bertz CT molecular complexity index is 242. The number of rotatable bonds is 4. The normalized spacial score (nSPS) is 24.9. The fraction of sp³-hybridized carbons (Fsp3) is 0.800. The molecule has 0 amide bonds. The smallest absolute Gasteiger partial charge is 0.323 e. The lowest BCUT2D eigenvalue weighted by Gasteiger charge is -2.10. The quantitative estimate of drug-likeness (QED) is 0.680. The van der Waals surface area contributed by atoms with Crippen LogP contribution in [0.5, 0.6) is 0 Å². The zero-order valence-electron chi connectivity index (χ0n) is 9.12. The van der Waals surface area contributed by atoms with Crippen LogP contribution in [0.15, 0.2) is 0 Å². The Balaban J connectivity index is 2.30. The summed E-state index contributed by atoms with van der Waals surface area (Å²) < 4.78 is 9.76. The van der Waals surface area contributed by atoms with E-state index < -0.39 is 0 Å². The maximum atomic E-state index is 11.2. The molecular weight excluding hydrogens is 198 g/mol. The number of hydrogen-bond acceptors (Lipinski definition) is 5. The molecule has 1 fully saturated rings. The lowest BCUT2D eigenvalue weighted by atomic mass is 10.2. The van der Waals surface area contributed by atoms with Crippen molar-refractivity contribution in [2.75, 3.05) is 13.7 Å².